The average Bonchev–Trinajstić information content (AvgIpc) is 2.78. The van der Waals surface area contributed by atoms with E-state index < -0.39 is 17.5 Å². The summed E-state index contributed by atoms with van der Waals surface area (Å²) in [6, 6.07) is 12.5. The van der Waals surface area contributed by atoms with Crippen molar-refractivity contribution in [3.05, 3.63) is 64.1 Å². The minimum absolute atomic E-state index is 0. The van der Waals surface area contributed by atoms with Crippen LogP contribution in [-0.4, -0.2) is 28.6 Å². The monoisotopic (exact) mass is 532 g/mol. The summed E-state index contributed by atoms with van der Waals surface area (Å²) in [6.45, 7) is 1.13. The van der Waals surface area contributed by atoms with Gasteiger partial charge in [0.1, 0.15) is 5.69 Å². The minimum Gasteiger partial charge on any atom is -1.00 e. The van der Waals surface area contributed by atoms with Gasteiger partial charge in [0.15, 0.2) is 6.54 Å². The predicted molar refractivity (Wildman–Crippen MR) is 105 cm³/mol. The first kappa shape index (κ1) is 22.3. The highest BCUT2D eigenvalue weighted by molar-refractivity contribution is 9.10. The Bertz CT molecular complexity index is 915. The number of alkyl halides is 3. The Morgan fingerprint density at radius 3 is 2.45 bits per heavy atom. The molecule has 2 aliphatic rings. The molecular weight excluding hydrogens is 513 g/mol. The van der Waals surface area contributed by atoms with Crippen LogP contribution in [0.4, 0.5) is 18.9 Å². The van der Waals surface area contributed by atoms with Crippen LogP contribution in [0.3, 0.4) is 0 Å². The van der Waals surface area contributed by atoms with Crippen LogP contribution in [0.1, 0.15) is 36.8 Å². The van der Waals surface area contributed by atoms with E-state index >= 15 is 0 Å². The van der Waals surface area contributed by atoms with Crippen molar-refractivity contribution >= 4 is 27.5 Å². The predicted octanol–water partition coefficient (Wildman–Crippen LogP) is 2.12. The van der Waals surface area contributed by atoms with Crippen LogP contribution >= 0.6 is 15.9 Å². The molecule has 1 N–H and O–H groups in total. The molecule has 0 amide bonds. The maximum Gasteiger partial charge on any atom is 0.416 e. The molecule has 0 saturated heterocycles. The molecule has 0 fully saturated rings. The number of rotatable bonds is 2. The van der Waals surface area contributed by atoms with E-state index in [4.69, 9.17) is 0 Å². The summed E-state index contributed by atoms with van der Waals surface area (Å²) < 4.78 is 42.9. The Morgan fingerprint density at radius 1 is 1.03 bits per heavy atom. The van der Waals surface area contributed by atoms with Crippen LogP contribution in [-0.2, 0) is 11.9 Å². The zero-order chi connectivity index (χ0) is 19.9. The van der Waals surface area contributed by atoms with Crippen molar-refractivity contribution in [2.75, 3.05) is 18.0 Å². The molecule has 0 aromatic heterocycles. The van der Waals surface area contributed by atoms with E-state index in [0.29, 0.717) is 17.8 Å². The van der Waals surface area contributed by atoms with Crippen molar-refractivity contribution in [2.45, 2.75) is 37.6 Å². The van der Waals surface area contributed by atoms with E-state index in [1.54, 1.807) is 11.0 Å². The molecular formula is C21H21Br2F3N2O. The van der Waals surface area contributed by atoms with Crippen molar-refractivity contribution in [1.82, 2.24) is 0 Å². The number of hydrogen-bond donors (Lipinski definition) is 1. The molecule has 29 heavy (non-hydrogen) atoms. The number of hydrogen-bond acceptors (Lipinski definition) is 2. The SMILES string of the molecule is OC1(c2ccc(Br)cc2)C[N+]2=C(CCCCC2)N1c1cccc(C(F)(F)F)c1.[Br-]. The molecule has 2 heterocycles. The molecule has 0 aliphatic carbocycles. The van der Waals surface area contributed by atoms with Crippen molar-refractivity contribution in [1.29, 1.82) is 0 Å². The largest absolute Gasteiger partial charge is 1.00 e. The van der Waals surface area contributed by atoms with Crippen LogP contribution in [0.2, 0.25) is 0 Å². The van der Waals surface area contributed by atoms with Crippen LogP contribution in [0.5, 0.6) is 0 Å². The third-order valence-electron chi connectivity index (χ3n) is 5.47. The highest BCUT2D eigenvalue weighted by Crippen LogP contribution is 2.40. The second-order valence-corrected chi connectivity index (χ2v) is 8.27. The number of halogens is 5. The molecule has 1 atom stereocenters. The van der Waals surface area contributed by atoms with Crippen molar-refractivity contribution in [3.63, 3.8) is 0 Å². The normalized spacial score (nSPS) is 22.2. The van der Waals surface area contributed by atoms with Gasteiger partial charge >= 0.3 is 6.18 Å². The second kappa shape index (κ2) is 8.40. The molecule has 0 bridgehead atoms. The number of anilines is 1. The summed E-state index contributed by atoms with van der Waals surface area (Å²) in [5, 5.41) is 11.7. The highest BCUT2D eigenvalue weighted by atomic mass is 79.9. The van der Waals surface area contributed by atoms with Crippen LogP contribution in [0.15, 0.2) is 53.0 Å². The Labute approximate surface area is 186 Å². The van der Waals surface area contributed by atoms with Gasteiger partial charge in [0.25, 0.3) is 11.6 Å². The molecule has 0 radical (unpaired) electrons. The summed E-state index contributed by atoms with van der Waals surface area (Å²) >= 11 is 3.40. The van der Waals surface area contributed by atoms with E-state index in [1.807, 2.05) is 24.3 Å². The lowest BCUT2D eigenvalue weighted by Crippen LogP contribution is -3.00. The lowest BCUT2D eigenvalue weighted by Gasteiger charge is -2.29. The zero-order valence-electron chi connectivity index (χ0n) is 15.6. The molecule has 2 aromatic carbocycles. The summed E-state index contributed by atoms with van der Waals surface area (Å²) in [5.41, 5.74) is -1.11. The lowest BCUT2D eigenvalue weighted by atomic mass is 9.99. The van der Waals surface area contributed by atoms with Gasteiger partial charge in [-0.2, -0.15) is 18.1 Å². The Balaban J connectivity index is 0.00000240. The van der Waals surface area contributed by atoms with Gasteiger partial charge in [-0.25, -0.2) is 0 Å². The summed E-state index contributed by atoms with van der Waals surface area (Å²) in [7, 11) is 0. The van der Waals surface area contributed by atoms with Crippen molar-refractivity contribution in [3.8, 4) is 0 Å². The summed E-state index contributed by atoms with van der Waals surface area (Å²) in [6.07, 6.45) is -0.657. The van der Waals surface area contributed by atoms with E-state index in [-0.39, 0.29) is 17.0 Å². The number of nitrogens with zero attached hydrogens (tertiary/aromatic N) is 2. The third-order valence-corrected chi connectivity index (χ3v) is 6.00. The van der Waals surface area contributed by atoms with Gasteiger partial charge in [0.05, 0.1) is 12.1 Å². The van der Waals surface area contributed by atoms with Gasteiger partial charge < -0.3 is 22.1 Å². The van der Waals surface area contributed by atoms with Crippen molar-refractivity contribution < 1.29 is 39.8 Å². The lowest BCUT2D eigenvalue weighted by molar-refractivity contribution is -0.534. The van der Waals surface area contributed by atoms with Gasteiger partial charge in [-0.15, -0.1) is 0 Å². The quantitative estimate of drug-likeness (QED) is 0.599. The number of benzene rings is 2. The van der Waals surface area contributed by atoms with E-state index in [0.717, 1.165) is 54.7 Å². The third kappa shape index (κ3) is 4.25. The van der Waals surface area contributed by atoms with Crippen LogP contribution < -0.4 is 21.9 Å². The molecule has 0 saturated carbocycles. The number of aliphatic hydroxyl groups is 1. The fraction of sp³-hybridized carbons (Fsp3) is 0.381. The standard InChI is InChI=1S/C21H21BrF3N2O.BrH/c22-17-10-8-15(9-11-17)20(28)14-26-12-3-1-2-7-19(26)27(20)18-6-4-5-16(13-18)21(23,24)25;/h4-6,8-11,13,28H,1-3,7,12,14H2;1H/q+1;/p-1. The molecule has 3 nitrogen and oxygen atoms in total. The topological polar surface area (TPSA) is 26.5 Å². The molecule has 8 heteroatoms. The van der Waals surface area contributed by atoms with E-state index in [9.17, 15) is 18.3 Å². The fourth-order valence-corrected chi connectivity index (χ4v) is 4.41. The maximum atomic E-state index is 13.3. The smallest absolute Gasteiger partial charge is 0.416 e. The number of amidine groups is 1. The second-order valence-electron chi connectivity index (χ2n) is 7.36. The first-order chi connectivity index (χ1) is 13.3. The summed E-state index contributed by atoms with van der Waals surface area (Å²) in [4.78, 5) is 1.71. The summed E-state index contributed by atoms with van der Waals surface area (Å²) in [5.74, 6) is 0.891. The molecule has 1 unspecified atom stereocenters. The van der Waals surface area contributed by atoms with Gasteiger partial charge in [0, 0.05) is 16.5 Å². The first-order valence-corrected chi connectivity index (χ1v) is 10.1. The average molecular weight is 534 g/mol. The Kier molecular flexibility index (Phi) is 6.46. The molecule has 2 aliphatic heterocycles. The minimum atomic E-state index is -4.43. The zero-order valence-corrected chi connectivity index (χ0v) is 18.8. The van der Waals surface area contributed by atoms with E-state index in [2.05, 4.69) is 20.5 Å². The van der Waals surface area contributed by atoms with Gasteiger partial charge in [0.2, 0.25) is 0 Å². The Hall–Kier alpha value is -1.38. The van der Waals surface area contributed by atoms with Crippen molar-refractivity contribution in [2.24, 2.45) is 0 Å². The molecule has 2 aromatic rings. The Morgan fingerprint density at radius 2 is 1.76 bits per heavy atom. The fourth-order valence-electron chi connectivity index (χ4n) is 4.14. The highest BCUT2D eigenvalue weighted by Gasteiger charge is 2.54. The molecule has 156 valence electrons. The first-order valence-electron chi connectivity index (χ1n) is 9.36. The maximum absolute atomic E-state index is 13.3. The van der Waals surface area contributed by atoms with Crippen LogP contribution in [0, 0.1) is 0 Å². The van der Waals surface area contributed by atoms with Gasteiger partial charge in [-0.1, -0.05) is 34.1 Å². The molecule has 0 spiro atoms. The molecule has 4 rings (SSSR count). The van der Waals surface area contributed by atoms with Crippen LogP contribution in [0.25, 0.3) is 0 Å². The van der Waals surface area contributed by atoms with Gasteiger partial charge in [-0.3, -0.25) is 4.58 Å². The van der Waals surface area contributed by atoms with E-state index in [1.165, 1.54) is 6.07 Å². The van der Waals surface area contributed by atoms with Gasteiger partial charge in [-0.05, 0) is 49.6 Å².